The minimum absolute atomic E-state index is 0.144. The predicted molar refractivity (Wildman–Crippen MR) is 96.6 cm³/mol. The maximum atomic E-state index is 12.4. The van der Waals surface area contributed by atoms with Crippen LogP contribution >= 0.6 is 0 Å². The lowest BCUT2D eigenvalue weighted by molar-refractivity contribution is 0.0940. The molecule has 0 spiro atoms. The molecule has 2 N–H and O–H groups in total. The van der Waals surface area contributed by atoms with Crippen LogP contribution in [0.4, 0.5) is 5.69 Å². The highest BCUT2D eigenvalue weighted by Crippen LogP contribution is 2.16. The molecule has 0 bridgehead atoms. The Hall–Kier alpha value is -2.34. The second kappa shape index (κ2) is 7.49. The van der Waals surface area contributed by atoms with Crippen molar-refractivity contribution in [2.24, 2.45) is 0 Å². The quantitative estimate of drug-likeness (QED) is 0.844. The van der Waals surface area contributed by atoms with Crippen molar-refractivity contribution >= 4 is 21.6 Å². The van der Waals surface area contributed by atoms with Gasteiger partial charge in [-0.1, -0.05) is 37.3 Å². The van der Waals surface area contributed by atoms with Gasteiger partial charge in [0.05, 0.1) is 12.3 Å². The van der Waals surface area contributed by atoms with E-state index >= 15 is 0 Å². The number of nitrogens with one attached hydrogen (secondary N) is 2. The third kappa shape index (κ3) is 5.09. The number of carbonyl (C=O) groups excluding carboxylic acids is 1. The highest BCUT2D eigenvalue weighted by molar-refractivity contribution is 7.92. The van der Waals surface area contributed by atoms with Gasteiger partial charge >= 0.3 is 0 Å². The number of anilines is 1. The van der Waals surface area contributed by atoms with Crippen LogP contribution < -0.4 is 10.0 Å². The molecule has 0 saturated carbocycles. The molecule has 5 nitrogen and oxygen atoms in total. The first-order valence-electron chi connectivity index (χ1n) is 7.76. The van der Waals surface area contributed by atoms with Gasteiger partial charge in [0, 0.05) is 11.3 Å². The summed E-state index contributed by atoms with van der Waals surface area (Å²) in [6.07, 6.45) is 2.04. The number of hydrogen-bond acceptors (Lipinski definition) is 3. The van der Waals surface area contributed by atoms with Crippen molar-refractivity contribution < 1.29 is 13.2 Å². The molecule has 0 saturated heterocycles. The zero-order valence-electron chi connectivity index (χ0n) is 14.0. The third-order valence-corrected chi connectivity index (χ3v) is 4.27. The first-order chi connectivity index (χ1) is 11.3. The minimum atomic E-state index is -3.37. The van der Waals surface area contributed by atoms with Crippen LogP contribution in [0.1, 0.15) is 41.4 Å². The van der Waals surface area contributed by atoms with Crippen molar-refractivity contribution in [1.82, 2.24) is 5.32 Å². The molecule has 6 heteroatoms. The van der Waals surface area contributed by atoms with Crippen LogP contribution in [0.15, 0.2) is 48.5 Å². The van der Waals surface area contributed by atoms with E-state index in [-0.39, 0.29) is 11.9 Å². The molecule has 1 atom stereocenters. The Morgan fingerprint density at radius 2 is 1.79 bits per heavy atom. The molecule has 2 aromatic carbocycles. The number of rotatable bonds is 6. The number of benzene rings is 2. The maximum Gasteiger partial charge on any atom is 0.251 e. The molecule has 0 fully saturated rings. The zero-order valence-corrected chi connectivity index (χ0v) is 14.9. The van der Waals surface area contributed by atoms with Gasteiger partial charge in [0.1, 0.15) is 0 Å². The zero-order chi connectivity index (χ0) is 17.7. The minimum Gasteiger partial charge on any atom is -0.346 e. The van der Waals surface area contributed by atoms with E-state index < -0.39 is 10.0 Å². The molecule has 2 rings (SSSR count). The maximum absolute atomic E-state index is 12.4. The Balaban J connectivity index is 2.09. The molecular weight excluding hydrogens is 324 g/mol. The third-order valence-electron chi connectivity index (χ3n) is 3.66. The normalized spacial score (nSPS) is 12.5. The molecule has 0 aromatic heterocycles. The summed E-state index contributed by atoms with van der Waals surface area (Å²) in [5.41, 5.74) is 3.04. The fraction of sp³-hybridized carbons (Fsp3) is 0.278. The number of hydrogen-bond donors (Lipinski definition) is 2. The Morgan fingerprint density at radius 3 is 2.38 bits per heavy atom. The Labute approximate surface area is 143 Å². The summed E-state index contributed by atoms with van der Waals surface area (Å²) >= 11 is 0. The summed E-state index contributed by atoms with van der Waals surface area (Å²) in [4.78, 5) is 12.4. The SMILES string of the molecule is CCc1ccc([C@@H](C)NC(=O)c2cccc(NS(C)(=O)=O)c2)cc1. The molecule has 0 unspecified atom stereocenters. The van der Waals surface area contributed by atoms with Crippen LogP contribution in [-0.2, 0) is 16.4 Å². The first-order valence-corrected chi connectivity index (χ1v) is 9.65. The molecule has 2 aromatic rings. The lowest BCUT2D eigenvalue weighted by Crippen LogP contribution is -2.26. The van der Waals surface area contributed by atoms with Crippen molar-refractivity contribution in [3.63, 3.8) is 0 Å². The van der Waals surface area contributed by atoms with Crippen molar-refractivity contribution in [2.45, 2.75) is 26.3 Å². The summed E-state index contributed by atoms with van der Waals surface area (Å²) in [5, 5.41) is 2.92. The summed E-state index contributed by atoms with van der Waals surface area (Å²) < 4.78 is 24.9. The van der Waals surface area contributed by atoms with E-state index in [1.54, 1.807) is 18.2 Å². The van der Waals surface area contributed by atoms with E-state index in [1.165, 1.54) is 11.6 Å². The lowest BCUT2D eigenvalue weighted by Gasteiger charge is -2.15. The molecule has 128 valence electrons. The van der Waals surface area contributed by atoms with Gasteiger partial charge in [-0.25, -0.2) is 8.42 Å². The van der Waals surface area contributed by atoms with E-state index in [9.17, 15) is 13.2 Å². The molecule has 0 heterocycles. The van der Waals surface area contributed by atoms with Crippen molar-refractivity contribution in [1.29, 1.82) is 0 Å². The van der Waals surface area contributed by atoms with Gasteiger partial charge < -0.3 is 5.32 Å². The first kappa shape index (κ1) is 18.0. The summed E-state index contributed by atoms with van der Waals surface area (Å²) in [7, 11) is -3.37. The molecule has 0 radical (unpaired) electrons. The second-order valence-electron chi connectivity index (χ2n) is 5.75. The number of amides is 1. The monoisotopic (exact) mass is 346 g/mol. The van der Waals surface area contributed by atoms with E-state index in [2.05, 4.69) is 29.1 Å². The number of aryl methyl sites for hydroxylation is 1. The summed E-state index contributed by atoms with van der Waals surface area (Å²) in [5.74, 6) is -0.251. The van der Waals surface area contributed by atoms with Gasteiger partial charge in [0.25, 0.3) is 5.91 Å². The van der Waals surface area contributed by atoms with Gasteiger partial charge in [-0.15, -0.1) is 0 Å². The standard InChI is InChI=1S/C18H22N2O3S/c1-4-14-8-10-15(11-9-14)13(2)19-18(21)16-6-5-7-17(12-16)20-24(3,22)23/h5-13,20H,4H2,1-3H3,(H,19,21)/t13-/m1/s1. The largest absolute Gasteiger partial charge is 0.346 e. The molecule has 1 amide bonds. The molecular formula is C18H22N2O3S. The summed E-state index contributed by atoms with van der Waals surface area (Å²) in [6.45, 7) is 4.01. The van der Waals surface area contributed by atoms with Crippen LogP contribution in [0.2, 0.25) is 0 Å². The van der Waals surface area contributed by atoms with Gasteiger partial charge in [-0.2, -0.15) is 0 Å². The van der Waals surface area contributed by atoms with E-state index in [0.717, 1.165) is 18.2 Å². The fourth-order valence-electron chi connectivity index (χ4n) is 2.34. The van der Waals surface area contributed by atoms with Crippen molar-refractivity contribution in [3.8, 4) is 0 Å². The fourth-order valence-corrected chi connectivity index (χ4v) is 2.90. The van der Waals surface area contributed by atoms with E-state index in [0.29, 0.717) is 11.3 Å². The predicted octanol–water partition coefficient (Wildman–Crippen LogP) is 3.11. The average molecular weight is 346 g/mol. The Morgan fingerprint density at radius 1 is 1.12 bits per heavy atom. The van der Waals surface area contributed by atoms with Gasteiger partial charge in [-0.3, -0.25) is 9.52 Å². The van der Waals surface area contributed by atoms with Crippen LogP contribution in [-0.4, -0.2) is 20.6 Å². The second-order valence-corrected chi connectivity index (χ2v) is 7.49. The average Bonchev–Trinajstić information content (AvgIpc) is 2.53. The highest BCUT2D eigenvalue weighted by atomic mass is 32.2. The van der Waals surface area contributed by atoms with Gasteiger partial charge in [-0.05, 0) is 42.7 Å². The lowest BCUT2D eigenvalue weighted by atomic mass is 10.0. The Bertz CT molecular complexity index is 814. The Kier molecular flexibility index (Phi) is 5.62. The van der Waals surface area contributed by atoms with Crippen molar-refractivity contribution in [2.75, 3.05) is 11.0 Å². The van der Waals surface area contributed by atoms with Crippen molar-refractivity contribution in [3.05, 3.63) is 65.2 Å². The molecule has 24 heavy (non-hydrogen) atoms. The van der Waals surface area contributed by atoms with Gasteiger partial charge in [0.15, 0.2) is 0 Å². The van der Waals surface area contributed by atoms with E-state index in [4.69, 9.17) is 0 Å². The van der Waals surface area contributed by atoms with Crippen LogP contribution in [0.25, 0.3) is 0 Å². The molecule has 0 aliphatic carbocycles. The van der Waals surface area contributed by atoms with E-state index in [1.807, 2.05) is 19.1 Å². The number of sulfonamides is 1. The van der Waals surface area contributed by atoms with Crippen LogP contribution in [0.3, 0.4) is 0 Å². The highest BCUT2D eigenvalue weighted by Gasteiger charge is 2.12. The summed E-state index contributed by atoms with van der Waals surface area (Å²) in [6, 6.07) is 14.4. The molecule has 0 aliphatic heterocycles. The molecule has 0 aliphatic rings. The van der Waals surface area contributed by atoms with Gasteiger partial charge in [0.2, 0.25) is 10.0 Å². The smallest absolute Gasteiger partial charge is 0.251 e. The number of carbonyl (C=O) groups is 1. The van der Waals surface area contributed by atoms with Crippen LogP contribution in [0, 0.1) is 0 Å². The topological polar surface area (TPSA) is 75.3 Å². The van der Waals surface area contributed by atoms with Crippen LogP contribution in [0.5, 0.6) is 0 Å².